The number of hydrogen-bond donors (Lipinski definition) is 10. The van der Waals surface area contributed by atoms with Crippen LogP contribution in [0.3, 0.4) is 0 Å². The van der Waals surface area contributed by atoms with Gasteiger partial charge in [0.25, 0.3) is 0 Å². The number of aliphatic hydroxyl groups is 2. The van der Waals surface area contributed by atoms with E-state index in [2.05, 4.69) is 0 Å². The van der Waals surface area contributed by atoms with Crippen molar-refractivity contribution in [2.24, 2.45) is 0 Å². The highest BCUT2D eigenvalue weighted by Crippen LogP contribution is 2.29. The second kappa shape index (κ2) is 43.8. The summed E-state index contributed by atoms with van der Waals surface area (Å²) in [6.45, 7) is 11.7. The molecule has 0 heterocycles. The number of allylic oxidation sites excluding steroid dienone is 1. The summed E-state index contributed by atoms with van der Waals surface area (Å²) in [6, 6.07) is 60.0. The Morgan fingerprint density at radius 1 is 0.346 bits per heavy atom. The first-order valence-corrected chi connectivity index (χ1v) is 34.7. The Balaban J connectivity index is 0.000000210. The maximum atomic E-state index is 12.5. The summed E-state index contributed by atoms with van der Waals surface area (Å²) in [7, 11) is 6.34. The predicted octanol–water partition coefficient (Wildman–Crippen LogP) is 13.2. The number of ketones is 1. The van der Waals surface area contributed by atoms with Gasteiger partial charge in [0.1, 0.15) is 57.5 Å². The van der Waals surface area contributed by atoms with Crippen molar-refractivity contribution in [3.05, 3.63) is 279 Å². The summed E-state index contributed by atoms with van der Waals surface area (Å²) in [5.74, 6) is 4.22. The molecule has 0 saturated carbocycles. The Bertz CT molecular complexity index is 4370. The smallest absolute Gasteiger partial charge is 0.320 e. The van der Waals surface area contributed by atoms with Crippen LogP contribution in [0.1, 0.15) is 91.0 Å². The molecular weight excluding hydrogens is 1350 g/mol. The van der Waals surface area contributed by atoms with E-state index < -0.39 is 27.7 Å². The number of phenols is 4. The van der Waals surface area contributed by atoms with Crippen molar-refractivity contribution in [2.45, 2.75) is 61.3 Å². The Hall–Kier alpha value is -11.4. The number of rotatable bonds is 25. The third-order valence-corrected chi connectivity index (χ3v) is 16.3. The topological polar surface area (TPSA) is 275 Å². The molecule has 21 heteroatoms. The molecular formula is C86H94B4O17. The maximum Gasteiger partial charge on any atom is 0.320 e. The number of hydrogen-bond acceptors (Lipinski definition) is 17. The second-order valence-electron chi connectivity index (χ2n) is 24.6. The predicted molar refractivity (Wildman–Crippen MR) is 439 cm³/mol. The molecule has 10 N–H and O–H groups in total. The fourth-order valence-corrected chi connectivity index (χ4v) is 10.5. The molecule has 10 rings (SSSR count). The first kappa shape index (κ1) is 84.5. The zero-order valence-electron chi connectivity index (χ0n) is 62.3. The number of ether oxygens (including phenoxy) is 6. The van der Waals surface area contributed by atoms with E-state index in [4.69, 9.17) is 28.4 Å². The average molecular weight is 1440 g/mol. The molecule has 0 fully saturated rings. The van der Waals surface area contributed by atoms with Gasteiger partial charge in [0, 0.05) is 35.4 Å². The number of carbonyl (C=O) groups is 1. The summed E-state index contributed by atoms with van der Waals surface area (Å²) in [5.41, 5.74) is 14.3. The highest BCUT2D eigenvalue weighted by molar-refractivity contribution is 6.66. The molecule has 17 nitrogen and oxygen atoms in total. The van der Waals surface area contributed by atoms with Crippen molar-refractivity contribution in [3.8, 4) is 57.5 Å². The zero-order valence-corrected chi connectivity index (χ0v) is 62.3. The van der Waals surface area contributed by atoms with Crippen LogP contribution in [0.2, 0.25) is 27.3 Å². The van der Waals surface area contributed by atoms with E-state index in [1.54, 1.807) is 103 Å². The molecule has 107 heavy (non-hydrogen) atoms. The molecule has 0 saturated heterocycles. The lowest BCUT2D eigenvalue weighted by Gasteiger charge is -2.12. The maximum absolute atomic E-state index is 12.5. The van der Waals surface area contributed by atoms with Crippen LogP contribution in [0.5, 0.6) is 57.5 Å². The Kier molecular flexibility index (Phi) is 34.6. The van der Waals surface area contributed by atoms with Crippen molar-refractivity contribution in [1.82, 2.24) is 0 Å². The minimum Gasteiger partial charge on any atom is -0.508 e. The molecule has 0 amide bonds. The Morgan fingerprint density at radius 2 is 0.664 bits per heavy atom. The molecule has 0 aliphatic rings. The molecule has 0 aromatic heterocycles. The van der Waals surface area contributed by atoms with Gasteiger partial charge in [-0.2, -0.15) is 0 Å². The van der Waals surface area contributed by atoms with Crippen LogP contribution in [0.4, 0.5) is 0 Å². The van der Waals surface area contributed by atoms with Crippen LogP contribution in [0.15, 0.2) is 206 Å². The highest BCUT2D eigenvalue weighted by atomic mass is 16.5. The standard InChI is InChI=1S/C20H22O5.C19H23BO3.C17H19BO3.2C15H15BO3/c1-13-8-14(5-7-19(13)24-2)4-6-18(23)15-9-16(11-21)17(12-22)20(10-15)25-3;1-4-22-18-12-16(13-19(14-18)23-5-2)7-6-15-8-10-17(11-9-15)20(3)21;1-18(19)15-8-6-13(7-9-15)4-5-14-10-16(20-2)12-17(11-14)21-3;2*1-16(19)13-6-4-11(5-7-13)2-3-12-8-14(17)10-15(18)9-12/h4-10,21-22H,11-12H2,1-3H3;6-14,21H,4-5H2,1-3H3;4-12,19H,1-3H3;2*2-10,17-19H,1H3/b6-4+;7-6+;5-4+;3-2+;3-2-. The molecule has 0 atom stereocenters. The quantitative estimate of drug-likeness (QED) is 0.0110. The molecule has 0 bridgehead atoms. The van der Waals surface area contributed by atoms with Crippen LogP contribution in [-0.4, -0.2) is 126 Å². The van der Waals surface area contributed by atoms with Crippen LogP contribution < -0.4 is 50.3 Å². The summed E-state index contributed by atoms with van der Waals surface area (Å²) >= 11 is 0. The van der Waals surface area contributed by atoms with E-state index in [0.717, 1.165) is 106 Å². The van der Waals surface area contributed by atoms with Gasteiger partial charge in [-0.15, -0.1) is 0 Å². The number of phenolic OH excluding ortho intramolecular Hbond substituents is 4. The van der Waals surface area contributed by atoms with Crippen molar-refractivity contribution in [2.75, 3.05) is 41.7 Å². The lowest BCUT2D eigenvalue weighted by atomic mass is 9.64. The molecule has 0 aliphatic carbocycles. The number of carbonyl (C=O) groups excluding carboxylic acids is 1. The molecule has 0 aliphatic heterocycles. The number of aliphatic hydroxyl groups excluding tert-OH is 2. The van der Waals surface area contributed by atoms with Gasteiger partial charge in [-0.25, -0.2) is 0 Å². The van der Waals surface area contributed by atoms with Crippen LogP contribution in [0.25, 0.3) is 54.7 Å². The Labute approximate surface area is 629 Å². The van der Waals surface area contributed by atoms with E-state index in [9.17, 15) is 55.5 Å². The lowest BCUT2D eigenvalue weighted by molar-refractivity contribution is 0.104. The normalized spacial score (nSPS) is 10.8. The second-order valence-corrected chi connectivity index (χ2v) is 24.6. The van der Waals surface area contributed by atoms with Gasteiger partial charge in [0.15, 0.2) is 5.78 Å². The van der Waals surface area contributed by atoms with Gasteiger partial charge >= 0.3 is 27.7 Å². The minimum absolute atomic E-state index is 0.0316. The summed E-state index contributed by atoms with van der Waals surface area (Å²) in [4.78, 5) is 12.5. The van der Waals surface area contributed by atoms with Gasteiger partial charge in [-0.3, -0.25) is 4.79 Å². The zero-order chi connectivity index (χ0) is 78.0. The van der Waals surface area contributed by atoms with E-state index >= 15 is 0 Å². The summed E-state index contributed by atoms with van der Waals surface area (Å²) in [5, 5.41) is 94.2. The van der Waals surface area contributed by atoms with Crippen molar-refractivity contribution in [1.29, 1.82) is 0 Å². The third-order valence-electron chi connectivity index (χ3n) is 16.3. The number of benzene rings is 10. The van der Waals surface area contributed by atoms with Gasteiger partial charge in [-0.05, 0) is 183 Å². The van der Waals surface area contributed by atoms with E-state index in [-0.39, 0.29) is 42.0 Å². The molecule has 10 aromatic rings. The Morgan fingerprint density at radius 3 is 0.963 bits per heavy atom. The van der Waals surface area contributed by atoms with Crippen LogP contribution in [-0.2, 0) is 13.2 Å². The third kappa shape index (κ3) is 28.5. The number of aryl methyl sites for hydroxylation is 1. The SMILES string of the molecule is CB(O)c1ccc(/C=C/c2cc(O)cc(O)c2)cc1.CB(O)c1ccc(/C=C\c2cc(O)cc(O)c2)cc1.CCOc1cc(/C=C/c2ccc(B(C)O)cc2)cc(OCC)c1.COc1cc(/C=C/c2ccc(B(C)O)cc2)cc(OC)c1.COc1ccc(/C=C/C(=O)c2cc(CO)c(CO)c(OC)c2)cc1C. The lowest BCUT2D eigenvalue weighted by Crippen LogP contribution is -2.25. The number of methoxy groups -OCH3 is 4. The monoisotopic (exact) mass is 1440 g/mol. The summed E-state index contributed by atoms with van der Waals surface area (Å²) in [6.07, 6.45) is 18.6. The fraction of sp³-hybridized carbons (Fsp3) is 0.174. The highest BCUT2D eigenvalue weighted by Gasteiger charge is 2.15. The molecule has 0 radical (unpaired) electrons. The van der Waals surface area contributed by atoms with Crippen LogP contribution >= 0.6 is 0 Å². The van der Waals surface area contributed by atoms with Crippen molar-refractivity contribution in [3.63, 3.8) is 0 Å². The van der Waals surface area contributed by atoms with Gasteiger partial charge in [0.2, 0.25) is 0 Å². The van der Waals surface area contributed by atoms with E-state index in [0.29, 0.717) is 35.7 Å². The minimum atomic E-state index is -0.471. The van der Waals surface area contributed by atoms with Gasteiger partial charge in [0.05, 0.1) is 54.9 Å². The van der Waals surface area contributed by atoms with E-state index in [1.165, 1.54) is 25.3 Å². The largest absolute Gasteiger partial charge is 0.508 e. The fourth-order valence-electron chi connectivity index (χ4n) is 10.5. The summed E-state index contributed by atoms with van der Waals surface area (Å²) < 4.78 is 32.1. The van der Waals surface area contributed by atoms with Crippen LogP contribution in [0, 0.1) is 6.92 Å². The molecule has 0 unspecified atom stereocenters. The van der Waals surface area contributed by atoms with Gasteiger partial charge < -0.3 is 79.2 Å². The van der Waals surface area contributed by atoms with Crippen molar-refractivity contribution >= 4 is 110 Å². The van der Waals surface area contributed by atoms with E-state index in [1.807, 2.05) is 209 Å². The number of aromatic hydroxyl groups is 4. The molecule has 552 valence electrons. The molecule has 0 spiro atoms. The first-order chi connectivity index (χ1) is 51.4. The van der Waals surface area contributed by atoms with Crippen molar-refractivity contribution < 1.29 is 84.0 Å². The average Bonchev–Trinajstić information content (AvgIpc) is 0.816. The molecule has 10 aromatic carbocycles. The van der Waals surface area contributed by atoms with Gasteiger partial charge in [-0.1, -0.05) is 185 Å². The first-order valence-electron chi connectivity index (χ1n) is 34.7.